The van der Waals surface area contributed by atoms with Gasteiger partial charge in [0.15, 0.2) is 0 Å². The van der Waals surface area contributed by atoms with Gasteiger partial charge in [0.2, 0.25) is 0 Å². The SMILES string of the molecule is Cc1c(C)c(C)c2c(c1C)CCCO2. The molecule has 1 nitrogen and oxygen atoms in total. The Morgan fingerprint density at radius 1 is 0.857 bits per heavy atom. The Hall–Kier alpha value is -0.980. The Labute approximate surface area is 86.1 Å². The first-order valence-corrected chi connectivity index (χ1v) is 5.35. The molecule has 0 fully saturated rings. The number of benzene rings is 1. The van der Waals surface area contributed by atoms with Crippen molar-refractivity contribution < 1.29 is 4.74 Å². The van der Waals surface area contributed by atoms with Crippen LogP contribution in [0.3, 0.4) is 0 Å². The summed E-state index contributed by atoms with van der Waals surface area (Å²) in [5.74, 6) is 1.16. The predicted octanol–water partition coefficient (Wildman–Crippen LogP) is 3.25. The van der Waals surface area contributed by atoms with Crippen molar-refractivity contribution in [2.75, 3.05) is 6.61 Å². The third kappa shape index (κ3) is 1.23. The van der Waals surface area contributed by atoms with Crippen LogP contribution in [0.15, 0.2) is 0 Å². The highest BCUT2D eigenvalue weighted by atomic mass is 16.5. The second kappa shape index (κ2) is 3.30. The van der Waals surface area contributed by atoms with E-state index < -0.39 is 0 Å². The standard InChI is InChI=1S/C13H18O/c1-8-9(2)11(4)13-12(10(8)3)6-5-7-14-13/h5-7H2,1-4H3. The quantitative estimate of drug-likeness (QED) is 0.610. The molecule has 0 N–H and O–H groups in total. The lowest BCUT2D eigenvalue weighted by Gasteiger charge is -2.24. The lowest BCUT2D eigenvalue weighted by atomic mass is 9.90. The van der Waals surface area contributed by atoms with E-state index in [0.29, 0.717) is 0 Å². The van der Waals surface area contributed by atoms with Gasteiger partial charge in [-0.05, 0) is 68.4 Å². The molecule has 0 radical (unpaired) electrons. The monoisotopic (exact) mass is 190 g/mol. The molecule has 0 spiro atoms. The number of hydrogen-bond acceptors (Lipinski definition) is 1. The van der Waals surface area contributed by atoms with Gasteiger partial charge in [0.1, 0.15) is 5.75 Å². The van der Waals surface area contributed by atoms with E-state index in [1.165, 1.54) is 34.2 Å². The molecule has 1 heterocycles. The lowest BCUT2D eigenvalue weighted by molar-refractivity contribution is 0.285. The lowest BCUT2D eigenvalue weighted by Crippen LogP contribution is -2.13. The van der Waals surface area contributed by atoms with Crippen LogP contribution in [0.1, 0.15) is 34.2 Å². The molecular formula is C13H18O. The van der Waals surface area contributed by atoms with E-state index in [-0.39, 0.29) is 0 Å². The van der Waals surface area contributed by atoms with Crippen LogP contribution < -0.4 is 4.74 Å². The summed E-state index contributed by atoms with van der Waals surface area (Å²) in [6.07, 6.45) is 2.35. The second-order valence-corrected chi connectivity index (χ2v) is 4.26. The van der Waals surface area contributed by atoms with Crippen LogP contribution in [0.4, 0.5) is 0 Å². The Balaban J connectivity index is 2.71. The highest BCUT2D eigenvalue weighted by Gasteiger charge is 2.18. The van der Waals surface area contributed by atoms with Gasteiger partial charge in [-0.3, -0.25) is 0 Å². The third-order valence-electron chi connectivity index (χ3n) is 3.57. The molecular weight excluding hydrogens is 172 g/mol. The van der Waals surface area contributed by atoms with Gasteiger partial charge in [-0.25, -0.2) is 0 Å². The molecule has 0 saturated carbocycles. The highest BCUT2D eigenvalue weighted by molar-refractivity contribution is 5.54. The Morgan fingerprint density at radius 3 is 2.21 bits per heavy atom. The van der Waals surface area contributed by atoms with E-state index in [1.54, 1.807) is 0 Å². The number of fused-ring (bicyclic) bond motifs is 1. The summed E-state index contributed by atoms with van der Waals surface area (Å²) in [5.41, 5.74) is 7.04. The van der Waals surface area contributed by atoms with Gasteiger partial charge in [0.05, 0.1) is 6.61 Å². The van der Waals surface area contributed by atoms with Crippen LogP contribution in [0.5, 0.6) is 5.75 Å². The molecule has 1 aliphatic heterocycles. The summed E-state index contributed by atoms with van der Waals surface area (Å²) >= 11 is 0. The first-order chi connectivity index (χ1) is 6.63. The Kier molecular flexibility index (Phi) is 2.26. The predicted molar refractivity (Wildman–Crippen MR) is 59.2 cm³/mol. The molecule has 1 heteroatoms. The van der Waals surface area contributed by atoms with Crippen molar-refractivity contribution in [2.24, 2.45) is 0 Å². The van der Waals surface area contributed by atoms with Crippen molar-refractivity contribution >= 4 is 0 Å². The van der Waals surface area contributed by atoms with E-state index in [1.807, 2.05) is 0 Å². The van der Waals surface area contributed by atoms with Crippen LogP contribution in [0.2, 0.25) is 0 Å². The molecule has 2 rings (SSSR count). The van der Waals surface area contributed by atoms with Crippen molar-refractivity contribution in [1.29, 1.82) is 0 Å². The smallest absolute Gasteiger partial charge is 0.125 e. The number of ether oxygens (including phenoxy) is 1. The molecule has 0 amide bonds. The summed E-state index contributed by atoms with van der Waals surface area (Å²) in [4.78, 5) is 0. The van der Waals surface area contributed by atoms with Gasteiger partial charge in [-0.1, -0.05) is 0 Å². The minimum absolute atomic E-state index is 0.885. The van der Waals surface area contributed by atoms with Crippen molar-refractivity contribution in [3.8, 4) is 5.75 Å². The van der Waals surface area contributed by atoms with E-state index in [0.717, 1.165) is 18.8 Å². The van der Waals surface area contributed by atoms with Gasteiger partial charge in [-0.2, -0.15) is 0 Å². The van der Waals surface area contributed by atoms with Crippen LogP contribution >= 0.6 is 0 Å². The normalized spacial score (nSPS) is 14.9. The fraction of sp³-hybridized carbons (Fsp3) is 0.538. The topological polar surface area (TPSA) is 9.23 Å². The average molecular weight is 190 g/mol. The van der Waals surface area contributed by atoms with E-state index in [2.05, 4.69) is 27.7 Å². The van der Waals surface area contributed by atoms with Gasteiger partial charge in [-0.15, -0.1) is 0 Å². The molecule has 1 aromatic carbocycles. The fourth-order valence-electron chi connectivity index (χ4n) is 2.28. The van der Waals surface area contributed by atoms with Crippen molar-refractivity contribution in [3.63, 3.8) is 0 Å². The Morgan fingerprint density at radius 2 is 1.50 bits per heavy atom. The fourth-order valence-corrected chi connectivity index (χ4v) is 2.28. The molecule has 0 bridgehead atoms. The molecule has 1 aliphatic rings. The molecule has 0 unspecified atom stereocenters. The van der Waals surface area contributed by atoms with E-state index in [9.17, 15) is 0 Å². The highest BCUT2D eigenvalue weighted by Crippen LogP contribution is 2.35. The van der Waals surface area contributed by atoms with Crippen molar-refractivity contribution in [3.05, 3.63) is 27.8 Å². The Bertz CT molecular complexity index is 341. The first-order valence-electron chi connectivity index (χ1n) is 5.35. The third-order valence-corrected chi connectivity index (χ3v) is 3.57. The molecule has 76 valence electrons. The summed E-state index contributed by atoms with van der Waals surface area (Å²) in [7, 11) is 0. The maximum absolute atomic E-state index is 5.77. The maximum Gasteiger partial charge on any atom is 0.125 e. The van der Waals surface area contributed by atoms with Crippen molar-refractivity contribution in [2.45, 2.75) is 40.5 Å². The van der Waals surface area contributed by atoms with E-state index in [4.69, 9.17) is 4.74 Å². The van der Waals surface area contributed by atoms with Crippen LogP contribution in [0, 0.1) is 27.7 Å². The molecule has 0 saturated heterocycles. The zero-order chi connectivity index (χ0) is 10.3. The summed E-state index contributed by atoms with van der Waals surface area (Å²) in [6.45, 7) is 9.68. The molecule has 1 aromatic rings. The van der Waals surface area contributed by atoms with Gasteiger partial charge in [0, 0.05) is 0 Å². The van der Waals surface area contributed by atoms with Gasteiger partial charge < -0.3 is 4.74 Å². The largest absolute Gasteiger partial charge is 0.493 e. The van der Waals surface area contributed by atoms with Crippen molar-refractivity contribution in [1.82, 2.24) is 0 Å². The minimum atomic E-state index is 0.885. The second-order valence-electron chi connectivity index (χ2n) is 4.26. The van der Waals surface area contributed by atoms with E-state index >= 15 is 0 Å². The average Bonchev–Trinajstić information content (AvgIpc) is 2.23. The molecule has 0 atom stereocenters. The summed E-state index contributed by atoms with van der Waals surface area (Å²) < 4.78 is 5.77. The minimum Gasteiger partial charge on any atom is -0.493 e. The molecule has 0 aliphatic carbocycles. The summed E-state index contributed by atoms with van der Waals surface area (Å²) in [5, 5.41) is 0. The maximum atomic E-state index is 5.77. The van der Waals surface area contributed by atoms with Crippen LogP contribution in [0.25, 0.3) is 0 Å². The molecule has 0 aromatic heterocycles. The van der Waals surface area contributed by atoms with Crippen LogP contribution in [-0.2, 0) is 6.42 Å². The first kappa shape index (κ1) is 9.57. The summed E-state index contributed by atoms with van der Waals surface area (Å²) in [6, 6.07) is 0. The number of hydrogen-bond donors (Lipinski definition) is 0. The zero-order valence-corrected chi connectivity index (χ0v) is 9.53. The van der Waals surface area contributed by atoms with Gasteiger partial charge in [0.25, 0.3) is 0 Å². The zero-order valence-electron chi connectivity index (χ0n) is 9.53. The van der Waals surface area contributed by atoms with Crippen LogP contribution in [-0.4, -0.2) is 6.61 Å². The number of rotatable bonds is 0. The molecule has 14 heavy (non-hydrogen) atoms. The van der Waals surface area contributed by atoms with Gasteiger partial charge >= 0.3 is 0 Å².